The third-order valence-electron chi connectivity index (χ3n) is 4.67. The third kappa shape index (κ3) is 4.75. The van der Waals surface area contributed by atoms with Crippen molar-refractivity contribution >= 4 is 17.6 Å². The van der Waals surface area contributed by atoms with Crippen molar-refractivity contribution in [2.45, 2.75) is 6.54 Å². The molecular weight excluding hydrogens is 424 g/mol. The van der Waals surface area contributed by atoms with Gasteiger partial charge in [-0.05, 0) is 54.6 Å². The Labute approximate surface area is 188 Å². The van der Waals surface area contributed by atoms with Gasteiger partial charge in [0.1, 0.15) is 40.1 Å². The summed E-state index contributed by atoms with van der Waals surface area (Å²) in [6, 6.07) is 17.0. The molecular formula is C24H18N4O5. The van der Waals surface area contributed by atoms with Gasteiger partial charge in [0.15, 0.2) is 0 Å². The van der Waals surface area contributed by atoms with Gasteiger partial charge >= 0.3 is 0 Å². The number of furan rings is 1. The average molecular weight is 442 g/mol. The molecule has 0 aliphatic carbocycles. The van der Waals surface area contributed by atoms with Crippen molar-refractivity contribution in [3.8, 4) is 23.4 Å². The summed E-state index contributed by atoms with van der Waals surface area (Å²) in [5.41, 5.74) is -0.463. The highest BCUT2D eigenvalue weighted by Crippen LogP contribution is 2.25. The normalized spacial score (nSPS) is 11.1. The molecule has 1 N–H and O–H groups in total. The molecule has 4 aromatic rings. The monoisotopic (exact) mass is 442 g/mol. The molecule has 0 atom stereocenters. The molecule has 9 heteroatoms. The second-order valence-electron chi connectivity index (χ2n) is 6.77. The number of nitriles is 1. The summed E-state index contributed by atoms with van der Waals surface area (Å²) in [6.45, 7) is 0.0923. The zero-order valence-electron chi connectivity index (χ0n) is 17.5. The number of aromatic nitrogens is 2. The smallest absolute Gasteiger partial charge is 0.269 e. The number of nitrogens with zero attached hydrogens (tertiary/aromatic N) is 3. The van der Waals surface area contributed by atoms with E-state index in [4.69, 9.17) is 13.9 Å². The summed E-state index contributed by atoms with van der Waals surface area (Å²) in [5.74, 6) is 0.855. The van der Waals surface area contributed by atoms with E-state index in [2.05, 4.69) is 10.3 Å². The maximum Gasteiger partial charge on any atom is 0.269 e. The largest absolute Gasteiger partial charge is 0.497 e. The van der Waals surface area contributed by atoms with Crippen molar-refractivity contribution < 1.29 is 18.7 Å². The van der Waals surface area contributed by atoms with Gasteiger partial charge in [-0.1, -0.05) is 6.07 Å². The maximum atomic E-state index is 13.2. The van der Waals surface area contributed by atoms with Crippen LogP contribution in [0.15, 0.2) is 81.8 Å². The third-order valence-corrected chi connectivity index (χ3v) is 4.67. The molecule has 0 spiro atoms. The van der Waals surface area contributed by atoms with Crippen LogP contribution in [0.25, 0.3) is 11.7 Å². The van der Waals surface area contributed by atoms with Crippen molar-refractivity contribution in [2.75, 3.05) is 7.11 Å². The molecule has 0 aliphatic heterocycles. The lowest BCUT2D eigenvalue weighted by molar-refractivity contribution is -0.117. The van der Waals surface area contributed by atoms with E-state index < -0.39 is 11.5 Å². The van der Waals surface area contributed by atoms with Crippen molar-refractivity contribution in [1.82, 2.24) is 14.7 Å². The van der Waals surface area contributed by atoms with E-state index in [9.17, 15) is 14.9 Å². The Hall–Kier alpha value is -4.84. The molecule has 9 nitrogen and oxygen atoms in total. The van der Waals surface area contributed by atoms with Gasteiger partial charge < -0.3 is 19.2 Å². The molecule has 3 heterocycles. The Morgan fingerprint density at radius 3 is 2.67 bits per heavy atom. The first-order chi connectivity index (χ1) is 16.1. The van der Waals surface area contributed by atoms with Crippen LogP contribution in [0.1, 0.15) is 11.3 Å². The fourth-order valence-electron chi connectivity index (χ4n) is 3.01. The number of rotatable bonds is 7. The van der Waals surface area contributed by atoms with E-state index in [1.165, 1.54) is 16.7 Å². The first kappa shape index (κ1) is 21.4. The number of nitrogens with one attached hydrogen (secondary N) is 1. The maximum absolute atomic E-state index is 13.2. The van der Waals surface area contributed by atoms with E-state index >= 15 is 0 Å². The molecule has 0 unspecified atom stereocenters. The quantitative estimate of drug-likeness (QED) is 0.344. The Morgan fingerprint density at radius 1 is 1.18 bits per heavy atom. The molecule has 164 valence electrons. The topological polar surface area (TPSA) is 119 Å². The average Bonchev–Trinajstić information content (AvgIpc) is 3.37. The lowest BCUT2D eigenvalue weighted by atomic mass is 10.1. The van der Waals surface area contributed by atoms with Crippen molar-refractivity contribution in [1.29, 1.82) is 5.26 Å². The molecule has 1 amide bonds. The minimum absolute atomic E-state index is 0.0389. The molecule has 0 aliphatic rings. The van der Waals surface area contributed by atoms with Gasteiger partial charge in [-0.15, -0.1) is 0 Å². The first-order valence-corrected chi connectivity index (χ1v) is 9.84. The van der Waals surface area contributed by atoms with Gasteiger partial charge in [-0.2, -0.15) is 10.2 Å². The van der Waals surface area contributed by atoms with Gasteiger partial charge in [0, 0.05) is 6.20 Å². The number of carbonyl (C=O) groups excluding carboxylic acids is 1. The Bertz CT molecular complexity index is 1410. The minimum Gasteiger partial charge on any atom is -0.497 e. The van der Waals surface area contributed by atoms with E-state index in [0.717, 1.165) is 0 Å². The minimum atomic E-state index is -0.665. The van der Waals surface area contributed by atoms with Crippen LogP contribution in [-0.4, -0.2) is 22.4 Å². The van der Waals surface area contributed by atoms with Crippen LogP contribution in [0, 0.1) is 11.3 Å². The van der Waals surface area contributed by atoms with Crippen molar-refractivity contribution in [3.05, 3.63) is 94.3 Å². The lowest BCUT2D eigenvalue weighted by Crippen LogP contribution is -2.24. The van der Waals surface area contributed by atoms with Gasteiger partial charge in [-0.3, -0.25) is 14.0 Å². The summed E-state index contributed by atoms with van der Waals surface area (Å²) in [7, 11) is 1.55. The zero-order chi connectivity index (χ0) is 23.2. The van der Waals surface area contributed by atoms with E-state index in [0.29, 0.717) is 22.9 Å². The molecule has 1 aromatic carbocycles. The predicted octanol–water partition coefficient (Wildman–Crippen LogP) is 3.31. The molecule has 0 radical (unpaired) electrons. The van der Waals surface area contributed by atoms with E-state index in [1.54, 1.807) is 67.9 Å². The highest BCUT2D eigenvalue weighted by molar-refractivity contribution is 6.01. The number of ether oxygens (including phenoxy) is 2. The van der Waals surface area contributed by atoms with Crippen LogP contribution < -0.4 is 20.3 Å². The van der Waals surface area contributed by atoms with Gasteiger partial charge in [0.05, 0.1) is 19.9 Å². The number of hydrogen-bond donors (Lipinski definition) is 1. The van der Waals surface area contributed by atoms with Crippen molar-refractivity contribution in [3.63, 3.8) is 0 Å². The molecule has 3 aromatic heterocycles. The summed E-state index contributed by atoms with van der Waals surface area (Å²) < 4.78 is 17.5. The number of fused-ring (bicyclic) bond motifs is 1. The van der Waals surface area contributed by atoms with E-state index in [-0.39, 0.29) is 23.6 Å². The van der Waals surface area contributed by atoms with Crippen LogP contribution in [-0.2, 0) is 11.3 Å². The Morgan fingerprint density at radius 2 is 1.97 bits per heavy atom. The molecule has 0 fully saturated rings. The fraction of sp³-hybridized carbons (Fsp3) is 0.0833. The molecule has 0 bridgehead atoms. The summed E-state index contributed by atoms with van der Waals surface area (Å²) in [5, 5.41) is 12.2. The van der Waals surface area contributed by atoms with Gasteiger partial charge in [-0.25, -0.2) is 0 Å². The van der Waals surface area contributed by atoms with Crippen LogP contribution >= 0.6 is 0 Å². The molecule has 33 heavy (non-hydrogen) atoms. The zero-order valence-corrected chi connectivity index (χ0v) is 17.5. The first-order valence-electron chi connectivity index (χ1n) is 9.84. The Kier molecular flexibility index (Phi) is 6.18. The lowest BCUT2D eigenvalue weighted by Gasteiger charge is -2.11. The highest BCUT2D eigenvalue weighted by atomic mass is 16.5. The molecule has 0 saturated heterocycles. The summed E-state index contributed by atoms with van der Waals surface area (Å²) in [4.78, 5) is 30.2. The summed E-state index contributed by atoms with van der Waals surface area (Å²) in [6.07, 6.45) is 4.19. The number of benzene rings is 1. The highest BCUT2D eigenvalue weighted by Gasteiger charge is 2.17. The number of methoxy groups -OCH3 is 1. The van der Waals surface area contributed by atoms with Crippen LogP contribution in [0.3, 0.4) is 0 Å². The van der Waals surface area contributed by atoms with Crippen LogP contribution in [0.5, 0.6) is 17.4 Å². The predicted molar refractivity (Wildman–Crippen MR) is 119 cm³/mol. The second kappa shape index (κ2) is 9.53. The standard InChI is InChI=1S/C24H18N4O5/c1-31-17-7-9-18(10-8-17)33-23-20(24(30)28-11-3-2-6-21(28)27-23)13-16(14-25)22(29)26-15-19-5-4-12-32-19/h2-13H,15H2,1H3,(H,26,29). The van der Waals surface area contributed by atoms with Crippen molar-refractivity contribution in [2.24, 2.45) is 0 Å². The number of carbonyl (C=O) groups is 1. The number of hydrogen-bond acceptors (Lipinski definition) is 7. The number of pyridine rings is 1. The summed E-state index contributed by atoms with van der Waals surface area (Å²) >= 11 is 0. The van der Waals surface area contributed by atoms with Gasteiger partial charge in [0.2, 0.25) is 5.88 Å². The second-order valence-corrected chi connectivity index (χ2v) is 6.77. The molecule has 0 saturated carbocycles. The Balaban J connectivity index is 1.74. The SMILES string of the molecule is COc1ccc(Oc2nc3ccccn3c(=O)c2C=C(C#N)C(=O)NCc2ccco2)cc1. The van der Waals surface area contributed by atoms with Gasteiger partial charge in [0.25, 0.3) is 11.5 Å². The van der Waals surface area contributed by atoms with Crippen LogP contribution in [0.4, 0.5) is 0 Å². The van der Waals surface area contributed by atoms with E-state index in [1.807, 2.05) is 6.07 Å². The molecule has 4 rings (SSSR count). The fourth-order valence-corrected chi connectivity index (χ4v) is 3.01. The number of amides is 1. The van der Waals surface area contributed by atoms with Crippen LogP contribution in [0.2, 0.25) is 0 Å².